The average Bonchev–Trinajstić information content (AvgIpc) is 3.34. The second-order valence-electron chi connectivity index (χ2n) is 7.17. The summed E-state index contributed by atoms with van der Waals surface area (Å²) in [6, 6.07) is 5.90. The fourth-order valence-corrected chi connectivity index (χ4v) is 4.75. The molecule has 0 spiro atoms. The number of carboxylic acids is 1. The molecule has 4 rings (SSSR count). The number of anilines is 1. The highest BCUT2D eigenvalue weighted by atomic mass is 32.1. The zero-order valence-corrected chi connectivity index (χ0v) is 17.3. The molecule has 0 aliphatic carbocycles. The van der Waals surface area contributed by atoms with E-state index in [2.05, 4.69) is 4.98 Å². The zero-order valence-electron chi connectivity index (χ0n) is 16.5. The Bertz CT molecular complexity index is 964. The van der Waals surface area contributed by atoms with Crippen molar-refractivity contribution < 1.29 is 32.7 Å². The minimum absolute atomic E-state index is 0.0552. The molecule has 166 valence electrons. The summed E-state index contributed by atoms with van der Waals surface area (Å²) < 4.78 is 31.7. The third kappa shape index (κ3) is 4.87. The van der Waals surface area contributed by atoms with E-state index < -0.39 is 12.1 Å². The van der Waals surface area contributed by atoms with Crippen molar-refractivity contribution in [3.05, 3.63) is 46.4 Å². The van der Waals surface area contributed by atoms with Crippen LogP contribution in [0.3, 0.4) is 0 Å². The second kappa shape index (κ2) is 9.04. The van der Waals surface area contributed by atoms with Gasteiger partial charge in [0, 0.05) is 19.2 Å². The van der Waals surface area contributed by atoms with Crippen LogP contribution in [0, 0.1) is 6.92 Å². The highest BCUT2D eigenvalue weighted by Gasteiger charge is 2.46. The molecule has 2 aromatic heterocycles. The Morgan fingerprint density at radius 1 is 1.23 bits per heavy atom. The van der Waals surface area contributed by atoms with Gasteiger partial charge in [-0.2, -0.15) is 13.2 Å². The third-order valence-corrected chi connectivity index (χ3v) is 6.25. The number of fused-ring (bicyclic) bond motifs is 1. The van der Waals surface area contributed by atoms with E-state index in [-0.39, 0.29) is 23.9 Å². The highest BCUT2D eigenvalue weighted by Crippen LogP contribution is 2.36. The predicted molar refractivity (Wildman–Crippen MR) is 107 cm³/mol. The molecular weight excluding hydrogens is 435 g/mol. The Morgan fingerprint density at radius 3 is 2.48 bits per heavy atom. The number of rotatable bonds is 2. The molecule has 11 heteroatoms. The topological polar surface area (TPSA) is 90.8 Å². The van der Waals surface area contributed by atoms with Crippen LogP contribution in [0.5, 0.6) is 0 Å². The number of pyridine rings is 1. The van der Waals surface area contributed by atoms with Crippen molar-refractivity contribution in [3.8, 4) is 0 Å². The maximum absolute atomic E-state index is 12.9. The van der Waals surface area contributed by atoms with Crippen LogP contribution in [0.1, 0.15) is 34.5 Å². The Hall–Kier alpha value is -2.95. The molecule has 31 heavy (non-hydrogen) atoms. The number of carbonyl (C=O) groups excluding carboxylic acids is 2. The normalized spacial score (nSPS) is 20.7. The SMILES string of the molecule is Cc1ccsc1C(=O)N1CC[C@H]2[C@@H]1CCC(=O)N2c1cccnc1.O=C(O)C(F)(F)F. The molecule has 2 aliphatic heterocycles. The molecular formula is C20H20F3N3O4S. The summed E-state index contributed by atoms with van der Waals surface area (Å²) in [5.41, 5.74) is 1.86. The van der Waals surface area contributed by atoms with Gasteiger partial charge in [0.25, 0.3) is 5.91 Å². The van der Waals surface area contributed by atoms with E-state index in [4.69, 9.17) is 9.90 Å². The summed E-state index contributed by atoms with van der Waals surface area (Å²) in [6.07, 6.45) is 0.398. The standard InChI is InChI=1S/C18H19N3O2S.C2HF3O2/c1-12-7-10-24-17(12)18(23)20-9-6-15-14(20)4-5-16(22)21(15)13-3-2-8-19-11-13;3-2(4,5)1(6)7/h2-3,7-8,10-11,14-15H,4-6,9H2,1H3;(H,6,7)/t14-,15-;/m0./s1. The van der Waals surface area contributed by atoms with Crippen molar-refractivity contribution in [1.29, 1.82) is 0 Å². The quantitative estimate of drug-likeness (QED) is 0.749. The van der Waals surface area contributed by atoms with Gasteiger partial charge in [0.05, 0.1) is 28.8 Å². The van der Waals surface area contributed by atoms with Crippen molar-refractivity contribution in [2.24, 2.45) is 0 Å². The summed E-state index contributed by atoms with van der Waals surface area (Å²) in [5.74, 6) is -2.52. The number of aryl methyl sites for hydroxylation is 1. The summed E-state index contributed by atoms with van der Waals surface area (Å²) in [4.78, 5) is 43.1. The first kappa shape index (κ1) is 22.7. The molecule has 2 aromatic rings. The number of aromatic nitrogens is 1. The van der Waals surface area contributed by atoms with Gasteiger partial charge in [0.15, 0.2) is 0 Å². The van der Waals surface area contributed by atoms with E-state index in [0.717, 1.165) is 29.0 Å². The molecule has 2 atom stereocenters. The number of likely N-dealkylation sites (tertiary alicyclic amines) is 1. The lowest BCUT2D eigenvalue weighted by molar-refractivity contribution is -0.192. The predicted octanol–water partition coefficient (Wildman–Crippen LogP) is 3.49. The third-order valence-electron chi connectivity index (χ3n) is 5.25. The molecule has 4 heterocycles. The lowest BCUT2D eigenvalue weighted by Gasteiger charge is -2.39. The number of piperidine rings is 1. The molecule has 2 saturated heterocycles. The number of aliphatic carboxylic acids is 1. The van der Waals surface area contributed by atoms with Crippen LogP contribution in [0.2, 0.25) is 0 Å². The van der Waals surface area contributed by atoms with Gasteiger partial charge in [-0.1, -0.05) is 0 Å². The molecule has 0 radical (unpaired) electrons. The number of nitrogens with zero attached hydrogens (tertiary/aromatic N) is 3. The van der Waals surface area contributed by atoms with Crippen LogP contribution in [-0.4, -0.2) is 57.6 Å². The fraction of sp³-hybridized carbons (Fsp3) is 0.400. The minimum atomic E-state index is -5.08. The average molecular weight is 455 g/mol. The summed E-state index contributed by atoms with van der Waals surface area (Å²) in [5, 5.41) is 9.09. The largest absolute Gasteiger partial charge is 0.490 e. The van der Waals surface area contributed by atoms with Crippen molar-refractivity contribution in [3.63, 3.8) is 0 Å². The van der Waals surface area contributed by atoms with E-state index in [9.17, 15) is 22.8 Å². The number of thiophene rings is 1. The minimum Gasteiger partial charge on any atom is -0.475 e. The molecule has 0 saturated carbocycles. The molecule has 0 aromatic carbocycles. The Labute approximate surface area is 180 Å². The van der Waals surface area contributed by atoms with Gasteiger partial charge in [-0.05, 0) is 48.9 Å². The molecule has 0 bridgehead atoms. The van der Waals surface area contributed by atoms with Crippen molar-refractivity contribution in [2.75, 3.05) is 11.4 Å². The van der Waals surface area contributed by atoms with Crippen LogP contribution in [0.4, 0.5) is 18.9 Å². The summed E-state index contributed by atoms with van der Waals surface area (Å²) >= 11 is 1.50. The van der Waals surface area contributed by atoms with Crippen LogP contribution < -0.4 is 4.90 Å². The van der Waals surface area contributed by atoms with E-state index in [1.807, 2.05) is 40.3 Å². The molecule has 2 amide bonds. The van der Waals surface area contributed by atoms with Crippen LogP contribution in [-0.2, 0) is 9.59 Å². The van der Waals surface area contributed by atoms with E-state index in [0.29, 0.717) is 13.0 Å². The molecule has 2 fully saturated rings. The number of alkyl halides is 3. The van der Waals surface area contributed by atoms with Crippen LogP contribution >= 0.6 is 11.3 Å². The van der Waals surface area contributed by atoms with Crippen LogP contribution in [0.25, 0.3) is 0 Å². The summed E-state index contributed by atoms with van der Waals surface area (Å²) in [7, 11) is 0. The first-order valence-corrected chi connectivity index (χ1v) is 10.4. The molecule has 1 N–H and O–H groups in total. The second-order valence-corrected chi connectivity index (χ2v) is 8.09. The number of carboxylic acid groups (broad SMARTS) is 1. The molecule has 2 aliphatic rings. The maximum atomic E-state index is 12.9. The number of hydrogen-bond acceptors (Lipinski definition) is 5. The van der Waals surface area contributed by atoms with Gasteiger partial charge in [0.2, 0.25) is 5.91 Å². The monoisotopic (exact) mass is 455 g/mol. The maximum Gasteiger partial charge on any atom is 0.490 e. The molecule has 7 nitrogen and oxygen atoms in total. The lowest BCUT2D eigenvalue weighted by Crippen LogP contribution is -2.53. The van der Waals surface area contributed by atoms with Gasteiger partial charge >= 0.3 is 12.1 Å². The number of halogens is 3. The Balaban J connectivity index is 0.000000339. The van der Waals surface area contributed by atoms with Gasteiger partial charge in [-0.25, -0.2) is 4.79 Å². The number of carbonyl (C=O) groups is 3. The first-order valence-electron chi connectivity index (χ1n) is 9.48. The smallest absolute Gasteiger partial charge is 0.475 e. The van der Waals surface area contributed by atoms with E-state index >= 15 is 0 Å². The summed E-state index contributed by atoms with van der Waals surface area (Å²) in [6.45, 7) is 2.68. The lowest BCUT2D eigenvalue weighted by atomic mass is 9.95. The van der Waals surface area contributed by atoms with Gasteiger partial charge < -0.3 is 14.9 Å². The van der Waals surface area contributed by atoms with E-state index in [1.165, 1.54) is 11.3 Å². The van der Waals surface area contributed by atoms with Gasteiger partial charge in [-0.15, -0.1) is 11.3 Å². The Kier molecular flexibility index (Phi) is 6.63. The molecule has 0 unspecified atom stereocenters. The fourth-order valence-electron chi connectivity index (χ4n) is 3.87. The van der Waals surface area contributed by atoms with Gasteiger partial charge in [0.1, 0.15) is 0 Å². The highest BCUT2D eigenvalue weighted by molar-refractivity contribution is 7.12. The number of amides is 2. The van der Waals surface area contributed by atoms with Crippen LogP contribution in [0.15, 0.2) is 36.0 Å². The van der Waals surface area contributed by atoms with Crippen molar-refractivity contribution in [1.82, 2.24) is 9.88 Å². The van der Waals surface area contributed by atoms with E-state index in [1.54, 1.807) is 12.4 Å². The Morgan fingerprint density at radius 2 is 1.94 bits per heavy atom. The zero-order chi connectivity index (χ0) is 22.8. The van der Waals surface area contributed by atoms with Crippen molar-refractivity contribution >= 4 is 34.8 Å². The first-order chi connectivity index (χ1) is 14.6. The van der Waals surface area contributed by atoms with Gasteiger partial charge in [-0.3, -0.25) is 14.6 Å². The van der Waals surface area contributed by atoms with Crippen molar-refractivity contribution in [2.45, 2.75) is 44.4 Å². The number of hydrogen-bond donors (Lipinski definition) is 1.